The number of carbonyl (C=O) groups excluding carboxylic acids is 1. The average molecular weight is 455 g/mol. The Labute approximate surface area is 204 Å². The van der Waals surface area contributed by atoms with E-state index in [0.29, 0.717) is 13.0 Å². The molecule has 33 heavy (non-hydrogen) atoms. The number of ether oxygens (including phenoxy) is 1. The highest BCUT2D eigenvalue weighted by Crippen LogP contribution is 2.46. The Bertz CT molecular complexity index is 665. The van der Waals surface area contributed by atoms with Crippen molar-refractivity contribution in [3.05, 3.63) is 48.0 Å². The number of rotatable bonds is 16. The first-order chi connectivity index (χ1) is 16.0. The number of hydrogen-bond donors (Lipinski definition) is 0. The van der Waals surface area contributed by atoms with Gasteiger partial charge in [-0.15, -0.1) is 0 Å². The van der Waals surface area contributed by atoms with Gasteiger partial charge in [0.2, 0.25) is 0 Å². The zero-order valence-corrected chi connectivity index (χ0v) is 21.9. The summed E-state index contributed by atoms with van der Waals surface area (Å²) in [7, 11) is 0. The van der Waals surface area contributed by atoms with Gasteiger partial charge in [0.15, 0.2) is 0 Å². The van der Waals surface area contributed by atoms with Crippen LogP contribution in [0.5, 0.6) is 0 Å². The molecule has 2 nitrogen and oxygen atoms in total. The standard InChI is InChI=1S/C31H50O2/c1-5-6-14-23-33-31(32)18-13-8-7-12-17-29-26(3)24-27(4)30(29)22-20-25(2)19-21-28-15-10-9-11-16-28/h7,9-12,15-16,25-27,29-30H,5-6,8,13-14,17-24H2,1-4H3/b12-7-/t25-,26-,27+,29-,30-/m0/s1. The van der Waals surface area contributed by atoms with Gasteiger partial charge < -0.3 is 4.74 Å². The number of benzene rings is 1. The second-order valence-corrected chi connectivity index (χ2v) is 10.8. The largest absolute Gasteiger partial charge is 0.466 e. The number of aryl methyl sites for hydroxylation is 1. The maximum atomic E-state index is 11.8. The van der Waals surface area contributed by atoms with Crippen molar-refractivity contribution in [2.45, 2.75) is 105 Å². The summed E-state index contributed by atoms with van der Waals surface area (Å²) >= 11 is 0. The molecule has 1 aromatic carbocycles. The van der Waals surface area contributed by atoms with Crippen LogP contribution in [0.1, 0.15) is 104 Å². The van der Waals surface area contributed by atoms with Gasteiger partial charge in [-0.05, 0) is 86.5 Å². The van der Waals surface area contributed by atoms with Crippen LogP contribution in [0.2, 0.25) is 0 Å². The van der Waals surface area contributed by atoms with E-state index in [2.05, 4.69) is 70.2 Å². The molecule has 0 radical (unpaired) electrons. The lowest BCUT2D eigenvalue weighted by Crippen LogP contribution is -2.16. The molecular weight excluding hydrogens is 404 g/mol. The molecule has 0 unspecified atom stereocenters. The van der Waals surface area contributed by atoms with Gasteiger partial charge >= 0.3 is 5.97 Å². The Balaban J connectivity index is 1.65. The first-order valence-electron chi connectivity index (χ1n) is 13.9. The molecule has 2 heteroatoms. The summed E-state index contributed by atoms with van der Waals surface area (Å²) in [6.07, 6.45) is 18.3. The van der Waals surface area contributed by atoms with E-state index in [9.17, 15) is 4.79 Å². The zero-order valence-electron chi connectivity index (χ0n) is 21.9. The van der Waals surface area contributed by atoms with Gasteiger partial charge in [0.25, 0.3) is 0 Å². The number of esters is 1. The van der Waals surface area contributed by atoms with Crippen molar-refractivity contribution in [2.24, 2.45) is 29.6 Å². The highest BCUT2D eigenvalue weighted by atomic mass is 16.5. The van der Waals surface area contributed by atoms with E-state index in [4.69, 9.17) is 4.74 Å². The summed E-state index contributed by atoms with van der Waals surface area (Å²) < 4.78 is 5.30. The molecular formula is C31H50O2. The van der Waals surface area contributed by atoms with E-state index in [0.717, 1.165) is 61.7 Å². The Morgan fingerprint density at radius 1 is 1.03 bits per heavy atom. The van der Waals surface area contributed by atoms with Gasteiger partial charge in [-0.1, -0.05) is 89.4 Å². The van der Waals surface area contributed by atoms with Crippen LogP contribution in [0.15, 0.2) is 42.5 Å². The molecule has 1 aromatic rings. The highest BCUT2D eigenvalue weighted by Gasteiger charge is 2.37. The quantitative estimate of drug-likeness (QED) is 0.142. The van der Waals surface area contributed by atoms with E-state index in [1.807, 2.05) is 0 Å². The summed E-state index contributed by atoms with van der Waals surface area (Å²) in [6.45, 7) is 10.1. The molecule has 5 atom stereocenters. The summed E-state index contributed by atoms with van der Waals surface area (Å²) in [5.74, 6) is 4.13. The SMILES string of the molecule is CCCCCOC(=O)CCC/C=C\C[C@@H]1[C@@H](CC[C@@H](C)CCc2ccccc2)[C@H](C)C[C@@H]1C. The monoisotopic (exact) mass is 454 g/mol. The zero-order chi connectivity index (χ0) is 23.9. The lowest BCUT2D eigenvalue weighted by molar-refractivity contribution is -0.143. The van der Waals surface area contributed by atoms with Crippen LogP contribution in [0.25, 0.3) is 0 Å². The summed E-state index contributed by atoms with van der Waals surface area (Å²) in [4.78, 5) is 11.8. The molecule has 186 valence electrons. The Kier molecular flexibility index (Phi) is 13.5. The number of allylic oxidation sites excluding steroid dienone is 2. The first kappa shape index (κ1) is 27.7. The second-order valence-electron chi connectivity index (χ2n) is 10.8. The van der Waals surface area contributed by atoms with Crippen LogP contribution in [0.4, 0.5) is 0 Å². The topological polar surface area (TPSA) is 26.3 Å². The summed E-state index contributed by atoms with van der Waals surface area (Å²) in [5.41, 5.74) is 1.47. The van der Waals surface area contributed by atoms with Gasteiger partial charge in [-0.2, -0.15) is 0 Å². The van der Waals surface area contributed by atoms with Crippen molar-refractivity contribution in [3.63, 3.8) is 0 Å². The van der Waals surface area contributed by atoms with Crippen molar-refractivity contribution in [1.82, 2.24) is 0 Å². The van der Waals surface area contributed by atoms with Gasteiger partial charge in [0, 0.05) is 6.42 Å². The second kappa shape index (κ2) is 16.1. The third kappa shape index (κ3) is 10.9. The Morgan fingerprint density at radius 3 is 2.55 bits per heavy atom. The molecule has 0 aromatic heterocycles. The fourth-order valence-electron chi connectivity index (χ4n) is 5.71. The van der Waals surface area contributed by atoms with Gasteiger partial charge in [-0.3, -0.25) is 4.79 Å². The van der Waals surface area contributed by atoms with E-state index < -0.39 is 0 Å². The molecule has 0 aliphatic heterocycles. The van der Waals surface area contributed by atoms with E-state index in [1.165, 1.54) is 44.1 Å². The Hall–Kier alpha value is -1.57. The molecule has 0 spiro atoms. The number of carbonyl (C=O) groups is 1. The maximum absolute atomic E-state index is 11.8. The Morgan fingerprint density at radius 2 is 1.79 bits per heavy atom. The summed E-state index contributed by atoms with van der Waals surface area (Å²) in [5, 5.41) is 0. The van der Waals surface area contributed by atoms with Crippen molar-refractivity contribution in [3.8, 4) is 0 Å². The number of hydrogen-bond acceptors (Lipinski definition) is 2. The molecule has 0 heterocycles. The van der Waals surface area contributed by atoms with Gasteiger partial charge in [0.05, 0.1) is 6.61 Å². The predicted octanol–water partition coefficient (Wildman–Crippen LogP) is 8.79. The smallest absolute Gasteiger partial charge is 0.305 e. The minimum absolute atomic E-state index is 0.0285. The van der Waals surface area contributed by atoms with Gasteiger partial charge in [-0.25, -0.2) is 0 Å². The molecule has 0 N–H and O–H groups in total. The molecule has 1 fully saturated rings. The van der Waals surface area contributed by atoms with Crippen LogP contribution in [-0.4, -0.2) is 12.6 Å². The molecule has 0 saturated heterocycles. The third-order valence-electron chi connectivity index (χ3n) is 7.85. The molecule has 1 aliphatic carbocycles. The predicted molar refractivity (Wildman–Crippen MR) is 141 cm³/mol. The lowest BCUT2D eigenvalue weighted by Gasteiger charge is -2.25. The highest BCUT2D eigenvalue weighted by molar-refractivity contribution is 5.69. The van der Waals surface area contributed by atoms with Crippen LogP contribution in [0.3, 0.4) is 0 Å². The molecule has 2 rings (SSSR count). The van der Waals surface area contributed by atoms with E-state index in [-0.39, 0.29) is 5.97 Å². The minimum Gasteiger partial charge on any atom is -0.466 e. The molecule has 0 amide bonds. The summed E-state index contributed by atoms with van der Waals surface area (Å²) in [6, 6.07) is 10.9. The minimum atomic E-state index is -0.0285. The van der Waals surface area contributed by atoms with Crippen LogP contribution >= 0.6 is 0 Å². The first-order valence-corrected chi connectivity index (χ1v) is 13.9. The van der Waals surface area contributed by atoms with Gasteiger partial charge in [0.1, 0.15) is 0 Å². The van der Waals surface area contributed by atoms with Crippen LogP contribution < -0.4 is 0 Å². The van der Waals surface area contributed by atoms with Crippen molar-refractivity contribution in [2.75, 3.05) is 6.61 Å². The number of unbranched alkanes of at least 4 members (excludes halogenated alkanes) is 3. The van der Waals surface area contributed by atoms with E-state index in [1.54, 1.807) is 0 Å². The maximum Gasteiger partial charge on any atom is 0.305 e. The van der Waals surface area contributed by atoms with Crippen molar-refractivity contribution >= 4 is 5.97 Å². The lowest BCUT2D eigenvalue weighted by atomic mass is 9.80. The van der Waals surface area contributed by atoms with Crippen molar-refractivity contribution < 1.29 is 9.53 Å². The molecule has 0 bridgehead atoms. The fraction of sp³-hybridized carbons (Fsp3) is 0.710. The average Bonchev–Trinajstić information content (AvgIpc) is 3.08. The normalized spacial score (nSPS) is 23.8. The fourth-order valence-corrected chi connectivity index (χ4v) is 5.71. The van der Waals surface area contributed by atoms with Crippen LogP contribution in [-0.2, 0) is 16.0 Å². The van der Waals surface area contributed by atoms with Crippen LogP contribution in [0, 0.1) is 29.6 Å². The van der Waals surface area contributed by atoms with E-state index >= 15 is 0 Å². The third-order valence-corrected chi connectivity index (χ3v) is 7.85. The van der Waals surface area contributed by atoms with Crippen molar-refractivity contribution in [1.29, 1.82) is 0 Å². The molecule has 1 saturated carbocycles. The molecule has 1 aliphatic rings.